The highest BCUT2D eigenvalue weighted by Crippen LogP contribution is 2.14. The first kappa shape index (κ1) is 24.6. The van der Waals surface area contributed by atoms with E-state index in [0.717, 1.165) is 31.5 Å². The zero-order chi connectivity index (χ0) is 20.5. The molecule has 166 valence electrons. The molecular formula is C20H30IN5O3S. The van der Waals surface area contributed by atoms with Crippen molar-refractivity contribution >= 4 is 40.0 Å². The maximum Gasteiger partial charge on any atom is 0.240 e. The van der Waals surface area contributed by atoms with Crippen LogP contribution in [0.4, 0.5) is 0 Å². The van der Waals surface area contributed by atoms with E-state index >= 15 is 0 Å². The van der Waals surface area contributed by atoms with Crippen molar-refractivity contribution in [2.24, 2.45) is 4.99 Å². The van der Waals surface area contributed by atoms with E-state index < -0.39 is 10.0 Å². The standard InChI is InChI=1S/C20H29N5O3S.HI/c1-21-20(22-10-13-25-11-2-3-12-25)23-15-17-6-8-19(9-7-17)29(26,27)24-16-18-5-4-14-28-18;/h2-3,6-9,11-12,18,24H,4-5,10,13-16H2,1H3,(H2,21,22,23);1H. The molecule has 0 bridgehead atoms. The number of halogens is 1. The summed E-state index contributed by atoms with van der Waals surface area (Å²) in [5.41, 5.74) is 0.969. The number of sulfonamides is 1. The monoisotopic (exact) mass is 547 g/mol. The highest BCUT2D eigenvalue weighted by Gasteiger charge is 2.20. The Morgan fingerprint density at radius 2 is 1.93 bits per heavy atom. The Labute approximate surface area is 195 Å². The number of hydrogen-bond acceptors (Lipinski definition) is 4. The summed E-state index contributed by atoms with van der Waals surface area (Å²) < 4.78 is 35.0. The lowest BCUT2D eigenvalue weighted by molar-refractivity contribution is 0.114. The topological polar surface area (TPSA) is 96.8 Å². The van der Waals surface area contributed by atoms with Gasteiger partial charge in [-0.1, -0.05) is 12.1 Å². The molecule has 0 amide bonds. The number of aromatic nitrogens is 1. The molecule has 30 heavy (non-hydrogen) atoms. The van der Waals surface area contributed by atoms with Gasteiger partial charge in [0.1, 0.15) is 0 Å². The van der Waals surface area contributed by atoms with Gasteiger partial charge in [-0.15, -0.1) is 24.0 Å². The third-order valence-electron chi connectivity index (χ3n) is 4.77. The van der Waals surface area contributed by atoms with Gasteiger partial charge in [0.25, 0.3) is 0 Å². The molecule has 1 aromatic carbocycles. The van der Waals surface area contributed by atoms with Crippen molar-refractivity contribution in [3.63, 3.8) is 0 Å². The second-order valence-electron chi connectivity index (χ2n) is 6.90. The highest BCUT2D eigenvalue weighted by atomic mass is 127. The molecule has 3 N–H and O–H groups in total. The lowest BCUT2D eigenvalue weighted by Gasteiger charge is -2.13. The predicted molar refractivity (Wildman–Crippen MR) is 129 cm³/mol. The Morgan fingerprint density at radius 3 is 2.57 bits per heavy atom. The van der Waals surface area contributed by atoms with Gasteiger partial charge < -0.3 is 19.9 Å². The first-order valence-corrected chi connectivity index (χ1v) is 11.3. The molecule has 1 atom stereocenters. The molecule has 3 rings (SSSR count). The first-order valence-electron chi connectivity index (χ1n) is 9.82. The highest BCUT2D eigenvalue weighted by molar-refractivity contribution is 14.0. The molecule has 2 heterocycles. The first-order chi connectivity index (χ1) is 14.1. The molecule has 0 spiro atoms. The second kappa shape index (κ2) is 12.3. The summed E-state index contributed by atoms with van der Waals surface area (Å²) in [7, 11) is -1.80. The fraction of sp³-hybridized carbons (Fsp3) is 0.450. The number of benzene rings is 1. The van der Waals surface area contributed by atoms with Gasteiger partial charge in [0.2, 0.25) is 10.0 Å². The van der Waals surface area contributed by atoms with Crippen molar-refractivity contribution in [3.8, 4) is 0 Å². The minimum Gasteiger partial charge on any atom is -0.377 e. The fourth-order valence-corrected chi connectivity index (χ4v) is 4.17. The van der Waals surface area contributed by atoms with Crippen LogP contribution >= 0.6 is 24.0 Å². The summed E-state index contributed by atoms with van der Waals surface area (Å²) >= 11 is 0. The van der Waals surface area contributed by atoms with Gasteiger partial charge in [0, 0.05) is 52.2 Å². The summed E-state index contributed by atoms with van der Waals surface area (Å²) in [5.74, 6) is 0.701. The van der Waals surface area contributed by atoms with Gasteiger partial charge >= 0.3 is 0 Å². The van der Waals surface area contributed by atoms with Crippen molar-refractivity contribution in [1.29, 1.82) is 0 Å². The number of aliphatic imine (C=N–C) groups is 1. The van der Waals surface area contributed by atoms with E-state index in [2.05, 4.69) is 24.9 Å². The van der Waals surface area contributed by atoms with Crippen molar-refractivity contribution in [2.45, 2.75) is 36.9 Å². The Bertz CT molecular complexity index is 880. The van der Waals surface area contributed by atoms with Crippen molar-refractivity contribution in [2.75, 3.05) is 26.7 Å². The molecule has 1 aromatic heterocycles. The number of guanidine groups is 1. The Morgan fingerprint density at radius 1 is 1.20 bits per heavy atom. The van der Waals surface area contributed by atoms with Gasteiger partial charge in [-0.05, 0) is 42.7 Å². The molecule has 0 saturated carbocycles. The van der Waals surface area contributed by atoms with E-state index in [1.807, 2.05) is 24.5 Å². The van der Waals surface area contributed by atoms with E-state index in [9.17, 15) is 8.42 Å². The molecule has 0 radical (unpaired) electrons. The normalized spacial score (nSPS) is 16.8. The van der Waals surface area contributed by atoms with E-state index in [0.29, 0.717) is 25.7 Å². The molecule has 1 aliphatic heterocycles. The van der Waals surface area contributed by atoms with Gasteiger partial charge in [-0.2, -0.15) is 0 Å². The van der Waals surface area contributed by atoms with Crippen molar-refractivity contribution in [1.82, 2.24) is 19.9 Å². The molecule has 1 unspecified atom stereocenters. The molecule has 1 aliphatic rings. The van der Waals surface area contributed by atoms with Crippen LogP contribution in [0.25, 0.3) is 0 Å². The van der Waals surface area contributed by atoms with Crippen LogP contribution < -0.4 is 15.4 Å². The average Bonchev–Trinajstić information content (AvgIpc) is 3.43. The van der Waals surface area contributed by atoms with Gasteiger partial charge in [-0.25, -0.2) is 13.1 Å². The molecule has 2 aromatic rings. The lowest BCUT2D eigenvalue weighted by Crippen LogP contribution is -2.38. The maximum absolute atomic E-state index is 12.4. The molecule has 10 heteroatoms. The predicted octanol–water partition coefficient (Wildman–Crippen LogP) is 1.93. The zero-order valence-electron chi connectivity index (χ0n) is 17.1. The quantitative estimate of drug-likeness (QED) is 0.253. The minimum absolute atomic E-state index is 0. The summed E-state index contributed by atoms with van der Waals surface area (Å²) in [6, 6.07) is 10.8. The van der Waals surface area contributed by atoms with E-state index in [1.54, 1.807) is 31.3 Å². The SMILES string of the molecule is CN=C(NCCn1cccc1)NCc1ccc(S(=O)(=O)NCC2CCCO2)cc1.I. The van der Waals surface area contributed by atoms with Gasteiger partial charge in [0.15, 0.2) is 5.96 Å². The van der Waals surface area contributed by atoms with Crippen LogP contribution in [-0.4, -0.2) is 51.8 Å². The van der Waals surface area contributed by atoms with Crippen LogP contribution in [0.1, 0.15) is 18.4 Å². The molecule has 1 fully saturated rings. The number of nitrogens with one attached hydrogen (secondary N) is 3. The summed E-state index contributed by atoms with van der Waals surface area (Å²) in [5, 5.41) is 6.49. The number of ether oxygens (including phenoxy) is 1. The van der Waals surface area contributed by atoms with E-state index in [1.165, 1.54) is 0 Å². The van der Waals surface area contributed by atoms with Crippen molar-refractivity contribution < 1.29 is 13.2 Å². The van der Waals surface area contributed by atoms with Crippen LogP contribution in [0.15, 0.2) is 58.7 Å². The summed E-state index contributed by atoms with van der Waals surface area (Å²) in [6.45, 7) is 3.17. The Kier molecular flexibility index (Phi) is 10.1. The van der Waals surface area contributed by atoms with Gasteiger partial charge in [0.05, 0.1) is 11.0 Å². The fourth-order valence-electron chi connectivity index (χ4n) is 3.11. The number of nitrogens with zero attached hydrogens (tertiary/aromatic N) is 2. The maximum atomic E-state index is 12.4. The van der Waals surface area contributed by atoms with Crippen LogP contribution in [0.2, 0.25) is 0 Å². The zero-order valence-corrected chi connectivity index (χ0v) is 20.2. The van der Waals surface area contributed by atoms with Crippen LogP contribution in [0.5, 0.6) is 0 Å². The number of hydrogen-bond donors (Lipinski definition) is 3. The lowest BCUT2D eigenvalue weighted by atomic mass is 10.2. The van der Waals surface area contributed by atoms with Gasteiger partial charge in [-0.3, -0.25) is 4.99 Å². The minimum atomic E-state index is -3.52. The number of rotatable bonds is 9. The molecule has 8 nitrogen and oxygen atoms in total. The Balaban J connectivity index is 0.00000320. The third-order valence-corrected chi connectivity index (χ3v) is 6.21. The van der Waals surface area contributed by atoms with Crippen molar-refractivity contribution in [3.05, 3.63) is 54.4 Å². The van der Waals surface area contributed by atoms with E-state index in [-0.39, 0.29) is 35.0 Å². The van der Waals surface area contributed by atoms with Crippen LogP contribution in [0.3, 0.4) is 0 Å². The van der Waals surface area contributed by atoms with Crippen LogP contribution in [0, 0.1) is 0 Å². The molecule has 0 aliphatic carbocycles. The smallest absolute Gasteiger partial charge is 0.240 e. The molecular weight excluding hydrogens is 517 g/mol. The third kappa shape index (κ3) is 7.56. The molecule has 1 saturated heterocycles. The summed E-state index contributed by atoms with van der Waals surface area (Å²) in [4.78, 5) is 4.47. The summed E-state index contributed by atoms with van der Waals surface area (Å²) in [6.07, 6.45) is 5.89. The largest absolute Gasteiger partial charge is 0.377 e. The average molecular weight is 547 g/mol. The second-order valence-corrected chi connectivity index (χ2v) is 8.67. The Hall–Kier alpha value is -1.63. The van der Waals surface area contributed by atoms with E-state index in [4.69, 9.17) is 4.74 Å². The van der Waals surface area contributed by atoms with Crippen LogP contribution in [-0.2, 0) is 27.8 Å².